The molecular formula is C35H39N7O4S. The van der Waals surface area contributed by atoms with Crippen LogP contribution in [0.4, 0.5) is 0 Å². The molecule has 1 aliphatic carbocycles. The summed E-state index contributed by atoms with van der Waals surface area (Å²) in [5, 5.41) is 10.0. The molecule has 1 unspecified atom stereocenters. The maximum atomic E-state index is 14.2. The van der Waals surface area contributed by atoms with Crippen molar-refractivity contribution in [2.45, 2.75) is 50.5 Å². The highest BCUT2D eigenvalue weighted by atomic mass is 32.2. The SMILES string of the molecule is CC.CC(c1cc2c(S(C)(=O)=O)cn(-c3cc(-c4ccc(C#N)cc4-c4nccn4C)cc(C4CC4)n3)c(=O)c2[nH]1)N1CCOCC1. The fourth-order valence-electron chi connectivity index (χ4n) is 6.14. The third-order valence-electron chi connectivity index (χ3n) is 8.82. The summed E-state index contributed by atoms with van der Waals surface area (Å²) in [7, 11) is -1.83. The number of H-pyrrole nitrogens is 1. The maximum absolute atomic E-state index is 14.2. The highest BCUT2D eigenvalue weighted by molar-refractivity contribution is 7.91. The molecular weight excluding hydrogens is 614 g/mol. The van der Waals surface area contributed by atoms with E-state index in [-0.39, 0.29) is 27.9 Å². The molecule has 1 aliphatic heterocycles. The Morgan fingerprint density at radius 3 is 2.47 bits per heavy atom. The number of imidazole rings is 1. The number of aryl methyl sites for hydroxylation is 1. The molecule has 5 heterocycles. The summed E-state index contributed by atoms with van der Waals surface area (Å²) in [6, 6.07) is 13.2. The molecule has 1 aromatic carbocycles. The molecule has 12 heteroatoms. The van der Waals surface area contributed by atoms with E-state index >= 15 is 0 Å². The number of benzene rings is 1. The van der Waals surface area contributed by atoms with E-state index in [2.05, 4.69) is 20.9 Å². The Labute approximate surface area is 274 Å². The van der Waals surface area contributed by atoms with E-state index in [0.717, 1.165) is 60.3 Å². The molecule has 0 spiro atoms. The number of sulfone groups is 1. The number of nitrogens with one attached hydrogen (secondary N) is 1. The molecule has 0 amide bonds. The molecule has 2 fully saturated rings. The number of hydrogen-bond acceptors (Lipinski definition) is 8. The van der Waals surface area contributed by atoms with Crippen molar-refractivity contribution in [2.75, 3.05) is 32.6 Å². The second-order valence-corrected chi connectivity index (χ2v) is 13.9. The van der Waals surface area contributed by atoms with Gasteiger partial charge in [-0.3, -0.25) is 14.3 Å². The van der Waals surface area contributed by atoms with Crippen molar-refractivity contribution in [2.24, 2.45) is 7.05 Å². The Bertz CT molecular complexity index is 2160. The quantitative estimate of drug-likeness (QED) is 0.248. The Balaban J connectivity index is 0.00000190. The Kier molecular flexibility index (Phi) is 8.89. The molecule has 47 heavy (non-hydrogen) atoms. The van der Waals surface area contributed by atoms with Crippen molar-refractivity contribution in [3.8, 4) is 34.4 Å². The van der Waals surface area contributed by atoms with Crippen LogP contribution >= 0.6 is 0 Å². The fraction of sp³-hybridized carbons (Fsp3) is 0.371. The molecule has 244 valence electrons. The van der Waals surface area contributed by atoms with E-state index in [4.69, 9.17) is 9.72 Å². The largest absolute Gasteiger partial charge is 0.379 e. The van der Waals surface area contributed by atoms with Crippen molar-refractivity contribution < 1.29 is 13.2 Å². The van der Waals surface area contributed by atoms with Crippen LogP contribution in [0.1, 0.15) is 62.5 Å². The lowest BCUT2D eigenvalue weighted by Crippen LogP contribution is -2.38. The molecule has 1 N–H and O–H groups in total. The molecule has 1 atom stereocenters. The van der Waals surface area contributed by atoms with Crippen molar-refractivity contribution in [1.82, 2.24) is 29.0 Å². The van der Waals surface area contributed by atoms with Crippen LogP contribution < -0.4 is 5.56 Å². The standard InChI is InChI=1S/C33H33N7O4S.C2H6/c1-20(39-10-12-44-13-11-39)27-17-26-29(45(3,42)43)19-40(33(41)31(26)37-27)30-16-23(15-28(36-30)22-5-6-22)24-7-4-21(18-34)14-25(24)32-35-8-9-38(32)2;1-2/h4,7-9,14-17,19-20,22,37H,5-6,10-13H2,1-3H3;1-2H3. The highest BCUT2D eigenvalue weighted by Crippen LogP contribution is 2.42. The van der Waals surface area contributed by atoms with Crippen molar-refractivity contribution in [3.05, 3.63) is 82.3 Å². The first-order valence-electron chi connectivity index (χ1n) is 16.0. The average molecular weight is 654 g/mol. The van der Waals surface area contributed by atoms with E-state index < -0.39 is 9.84 Å². The van der Waals surface area contributed by atoms with Crippen molar-refractivity contribution >= 4 is 20.7 Å². The number of aromatic nitrogens is 5. The molecule has 5 aromatic rings. The zero-order chi connectivity index (χ0) is 33.5. The van der Waals surface area contributed by atoms with Gasteiger partial charge >= 0.3 is 0 Å². The number of nitriles is 1. The van der Waals surface area contributed by atoms with Gasteiger partial charge in [-0.15, -0.1) is 0 Å². The number of hydrogen-bond donors (Lipinski definition) is 1. The number of morpholine rings is 1. The average Bonchev–Trinajstić information content (AvgIpc) is 3.70. The summed E-state index contributed by atoms with van der Waals surface area (Å²) in [4.78, 5) is 29.2. The van der Waals surface area contributed by atoms with Gasteiger partial charge in [0.25, 0.3) is 5.56 Å². The van der Waals surface area contributed by atoms with E-state index in [0.29, 0.717) is 35.8 Å². The van der Waals surface area contributed by atoms with Gasteiger partial charge < -0.3 is 14.3 Å². The summed E-state index contributed by atoms with van der Waals surface area (Å²) in [6.07, 6.45) is 8.08. The number of fused-ring (bicyclic) bond motifs is 1. The summed E-state index contributed by atoms with van der Waals surface area (Å²) in [5.41, 5.74) is 4.34. The monoisotopic (exact) mass is 653 g/mol. The van der Waals surface area contributed by atoms with Gasteiger partial charge in [0.1, 0.15) is 17.2 Å². The maximum Gasteiger partial charge on any atom is 0.280 e. The Hall–Kier alpha value is -4.57. The normalized spacial score (nSPS) is 16.0. The highest BCUT2D eigenvalue weighted by Gasteiger charge is 2.28. The van der Waals surface area contributed by atoms with Gasteiger partial charge in [0.15, 0.2) is 9.84 Å². The van der Waals surface area contributed by atoms with Crippen LogP contribution in [0.15, 0.2) is 64.7 Å². The van der Waals surface area contributed by atoms with E-state index in [9.17, 15) is 18.5 Å². The van der Waals surface area contributed by atoms with Gasteiger partial charge in [-0.25, -0.2) is 18.4 Å². The van der Waals surface area contributed by atoms with E-state index in [1.807, 2.05) is 56.8 Å². The zero-order valence-electron chi connectivity index (χ0n) is 27.3. The van der Waals surface area contributed by atoms with Crippen LogP contribution in [0.5, 0.6) is 0 Å². The molecule has 11 nitrogen and oxygen atoms in total. The third-order valence-corrected chi connectivity index (χ3v) is 9.95. The minimum atomic E-state index is -3.72. The summed E-state index contributed by atoms with van der Waals surface area (Å²) in [6.45, 7) is 8.78. The molecule has 0 radical (unpaired) electrons. The number of pyridine rings is 2. The van der Waals surface area contributed by atoms with Crippen molar-refractivity contribution in [1.29, 1.82) is 5.26 Å². The van der Waals surface area contributed by atoms with E-state index in [1.165, 1.54) is 10.8 Å². The van der Waals surface area contributed by atoms with Crippen LogP contribution in [-0.2, 0) is 21.6 Å². The molecule has 1 saturated heterocycles. The Morgan fingerprint density at radius 2 is 1.83 bits per heavy atom. The van der Waals surface area contributed by atoms with Crippen LogP contribution in [0, 0.1) is 11.3 Å². The summed E-state index contributed by atoms with van der Waals surface area (Å²) >= 11 is 0. The topological polar surface area (TPSA) is 139 Å². The molecule has 2 aliphatic rings. The molecule has 0 bridgehead atoms. The summed E-state index contributed by atoms with van der Waals surface area (Å²) < 4.78 is 35.0. The van der Waals surface area contributed by atoms with Gasteiger partial charge in [0.2, 0.25) is 0 Å². The number of aromatic amines is 1. The molecule has 7 rings (SSSR count). The second-order valence-electron chi connectivity index (χ2n) is 11.9. The lowest BCUT2D eigenvalue weighted by Gasteiger charge is -2.31. The smallest absolute Gasteiger partial charge is 0.280 e. The lowest BCUT2D eigenvalue weighted by atomic mass is 9.96. The van der Waals surface area contributed by atoms with E-state index in [1.54, 1.807) is 24.4 Å². The van der Waals surface area contributed by atoms with Gasteiger partial charge in [0.05, 0.1) is 29.7 Å². The Morgan fingerprint density at radius 1 is 1.09 bits per heavy atom. The van der Waals surface area contributed by atoms with Crippen LogP contribution in [0.3, 0.4) is 0 Å². The minimum Gasteiger partial charge on any atom is -0.379 e. The number of rotatable bonds is 7. The van der Waals surface area contributed by atoms with Gasteiger partial charge in [-0.05, 0) is 61.2 Å². The lowest BCUT2D eigenvalue weighted by molar-refractivity contribution is 0.0192. The fourth-order valence-corrected chi connectivity index (χ4v) is 6.99. The zero-order valence-corrected chi connectivity index (χ0v) is 28.1. The van der Waals surface area contributed by atoms with Gasteiger partial charge in [0, 0.05) is 79.3 Å². The van der Waals surface area contributed by atoms with Gasteiger partial charge in [-0.2, -0.15) is 5.26 Å². The molecule has 1 saturated carbocycles. The first-order valence-corrected chi connectivity index (χ1v) is 17.9. The first-order chi connectivity index (χ1) is 22.6. The predicted molar refractivity (Wildman–Crippen MR) is 181 cm³/mol. The first kappa shape index (κ1) is 32.4. The van der Waals surface area contributed by atoms with Gasteiger partial charge in [-0.1, -0.05) is 19.9 Å². The second kappa shape index (κ2) is 12.9. The van der Waals surface area contributed by atoms with Crippen molar-refractivity contribution in [3.63, 3.8) is 0 Å². The van der Waals surface area contributed by atoms with Crippen LogP contribution in [0.2, 0.25) is 0 Å². The minimum absolute atomic E-state index is 0.0565. The summed E-state index contributed by atoms with van der Waals surface area (Å²) in [5.74, 6) is 1.28. The predicted octanol–water partition coefficient (Wildman–Crippen LogP) is 5.35. The number of ether oxygens (including phenoxy) is 1. The number of nitrogens with zero attached hydrogens (tertiary/aromatic N) is 6. The van der Waals surface area contributed by atoms with Crippen LogP contribution in [0.25, 0.3) is 39.2 Å². The third kappa shape index (κ3) is 6.26. The molecule has 4 aromatic heterocycles. The van der Waals surface area contributed by atoms with Crippen LogP contribution in [-0.4, -0.2) is 70.0 Å².